The average molecular weight is 232 g/mol. The molecule has 2 aromatic rings. The lowest BCUT2D eigenvalue weighted by Crippen LogP contribution is -2.15. The monoisotopic (exact) mass is 232 g/mol. The summed E-state index contributed by atoms with van der Waals surface area (Å²) in [6, 6.07) is 7.92. The zero-order valence-corrected chi connectivity index (χ0v) is 10.1. The minimum absolute atomic E-state index is 0.447. The molecule has 0 spiro atoms. The fourth-order valence-electron chi connectivity index (χ4n) is 1.89. The highest BCUT2D eigenvalue weighted by atomic mass is 16.7. The Morgan fingerprint density at radius 3 is 2.82 bits per heavy atom. The number of carbonyl (C=O) groups is 1. The molecule has 0 radical (unpaired) electrons. The molecule has 4 heteroatoms. The van der Waals surface area contributed by atoms with Crippen molar-refractivity contribution in [3.05, 3.63) is 36.0 Å². The van der Waals surface area contributed by atoms with E-state index in [2.05, 4.69) is 4.90 Å². The van der Waals surface area contributed by atoms with Gasteiger partial charge in [-0.3, -0.25) is 4.79 Å². The SMILES string of the molecule is CN(C)CCc1cn(OC=O)c2ccccc12. The van der Waals surface area contributed by atoms with Gasteiger partial charge in [0, 0.05) is 18.1 Å². The highest BCUT2D eigenvalue weighted by Crippen LogP contribution is 2.20. The van der Waals surface area contributed by atoms with Crippen LogP contribution >= 0.6 is 0 Å². The van der Waals surface area contributed by atoms with Gasteiger partial charge in [0.25, 0.3) is 0 Å². The first-order chi connectivity index (χ1) is 8.22. The van der Waals surface area contributed by atoms with E-state index in [0.717, 1.165) is 23.9 Å². The van der Waals surface area contributed by atoms with Crippen LogP contribution < -0.4 is 4.84 Å². The van der Waals surface area contributed by atoms with Crippen molar-refractivity contribution in [2.45, 2.75) is 6.42 Å². The molecule has 0 fully saturated rings. The van der Waals surface area contributed by atoms with E-state index in [1.807, 2.05) is 44.6 Å². The van der Waals surface area contributed by atoms with Gasteiger partial charge < -0.3 is 9.74 Å². The highest BCUT2D eigenvalue weighted by molar-refractivity contribution is 5.83. The summed E-state index contributed by atoms with van der Waals surface area (Å²) in [6.07, 6.45) is 2.81. The topological polar surface area (TPSA) is 34.5 Å². The van der Waals surface area contributed by atoms with Crippen molar-refractivity contribution in [1.29, 1.82) is 0 Å². The van der Waals surface area contributed by atoms with Crippen molar-refractivity contribution in [2.75, 3.05) is 20.6 Å². The quantitative estimate of drug-likeness (QED) is 0.729. The van der Waals surface area contributed by atoms with Crippen LogP contribution in [-0.2, 0) is 11.2 Å². The third-order valence-corrected chi connectivity index (χ3v) is 2.75. The molecule has 1 aromatic heterocycles. The molecule has 0 saturated heterocycles. The molecule has 0 unspecified atom stereocenters. The third kappa shape index (κ3) is 2.47. The summed E-state index contributed by atoms with van der Waals surface area (Å²) in [5.74, 6) is 0. The van der Waals surface area contributed by atoms with Crippen LogP contribution in [0, 0.1) is 0 Å². The molecule has 0 aliphatic heterocycles. The van der Waals surface area contributed by atoms with Crippen molar-refractivity contribution >= 4 is 17.4 Å². The number of rotatable bonds is 5. The van der Waals surface area contributed by atoms with Gasteiger partial charge in [0.2, 0.25) is 0 Å². The van der Waals surface area contributed by atoms with Gasteiger partial charge in [-0.2, -0.15) is 4.73 Å². The van der Waals surface area contributed by atoms with Crippen LogP contribution in [0.2, 0.25) is 0 Å². The zero-order chi connectivity index (χ0) is 12.3. The lowest BCUT2D eigenvalue weighted by molar-refractivity contribution is -0.128. The molecule has 2 rings (SSSR count). The fraction of sp³-hybridized carbons (Fsp3) is 0.308. The maximum Gasteiger partial charge on any atom is 0.321 e. The predicted molar refractivity (Wildman–Crippen MR) is 66.8 cm³/mol. The van der Waals surface area contributed by atoms with Gasteiger partial charge in [-0.05, 0) is 32.1 Å². The summed E-state index contributed by atoms with van der Waals surface area (Å²) in [5.41, 5.74) is 2.12. The molecule has 0 aliphatic carbocycles. The molecule has 0 aliphatic rings. The Hall–Kier alpha value is -1.81. The molecule has 1 aromatic carbocycles. The number of fused-ring (bicyclic) bond motifs is 1. The molecule has 90 valence electrons. The molecule has 0 bridgehead atoms. The Balaban J connectivity index is 2.37. The van der Waals surface area contributed by atoms with Crippen LogP contribution in [-0.4, -0.2) is 36.7 Å². The van der Waals surface area contributed by atoms with Gasteiger partial charge in [-0.1, -0.05) is 18.2 Å². The first-order valence-electron chi connectivity index (χ1n) is 5.57. The number of aromatic nitrogens is 1. The molecule has 0 atom stereocenters. The lowest BCUT2D eigenvalue weighted by atomic mass is 10.1. The molecule has 17 heavy (non-hydrogen) atoms. The number of para-hydroxylation sites is 1. The van der Waals surface area contributed by atoms with Gasteiger partial charge in [0.1, 0.15) is 0 Å². The van der Waals surface area contributed by atoms with E-state index < -0.39 is 0 Å². The minimum atomic E-state index is 0.447. The van der Waals surface area contributed by atoms with Crippen LogP contribution in [0.4, 0.5) is 0 Å². The predicted octanol–water partition coefficient (Wildman–Crippen LogP) is 1.33. The van der Waals surface area contributed by atoms with Crippen LogP contribution in [0.15, 0.2) is 30.5 Å². The summed E-state index contributed by atoms with van der Waals surface area (Å²) in [6.45, 7) is 1.41. The summed E-state index contributed by atoms with van der Waals surface area (Å²) < 4.78 is 1.52. The van der Waals surface area contributed by atoms with Crippen LogP contribution in [0.3, 0.4) is 0 Å². The Kier molecular flexibility index (Phi) is 3.44. The standard InChI is InChI=1S/C13H16N2O2/c1-14(2)8-7-11-9-15(17-10-16)13-6-4-3-5-12(11)13/h3-6,9-10H,7-8H2,1-2H3. The second-order valence-corrected chi connectivity index (χ2v) is 4.25. The van der Waals surface area contributed by atoms with E-state index in [0.29, 0.717) is 6.47 Å². The van der Waals surface area contributed by atoms with Crippen LogP contribution in [0.25, 0.3) is 10.9 Å². The number of hydrogen-bond donors (Lipinski definition) is 0. The molecule has 0 saturated carbocycles. The van der Waals surface area contributed by atoms with E-state index >= 15 is 0 Å². The Labute approximate surface area is 100 Å². The summed E-state index contributed by atoms with van der Waals surface area (Å²) in [4.78, 5) is 17.5. The largest absolute Gasteiger partial charge is 0.340 e. The van der Waals surface area contributed by atoms with Gasteiger partial charge in [0.15, 0.2) is 0 Å². The maximum atomic E-state index is 10.4. The molecule has 1 heterocycles. The molecule has 4 nitrogen and oxygen atoms in total. The minimum Gasteiger partial charge on any atom is -0.340 e. The second kappa shape index (κ2) is 5.01. The number of likely N-dealkylation sites (N-methyl/N-ethyl adjacent to an activating group) is 1. The maximum absolute atomic E-state index is 10.4. The summed E-state index contributed by atoms with van der Waals surface area (Å²) >= 11 is 0. The summed E-state index contributed by atoms with van der Waals surface area (Å²) in [7, 11) is 4.09. The van der Waals surface area contributed by atoms with Crippen molar-refractivity contribution in [3.8, 4) is 0 Å². The van der Waals surface area contributed by atoms with E-state index in [4.69, 9.17) is 4.84 Å². The highest BCUT2D eigenvalue weighted by Gasteiger charge is 2.08. The molecule has 0 amide bonds. The Morgan fingerprint density at radius 2 is 2.12 bits per heavy atom. The van der Waals surface area contributed by atoms with E-state index in [1.54, 1.807) is 0 Å². The van der Waals surface area contributed by atoms with Gasteiger partial charge in [0.05, 0.1) is 5.52 Å². The van der Waals surface area contributed by atoms with Crippen molar-refractivity contribution in [2.24, 2.45) is 0 Å². The number of hydrogen-bond acceptors (Lipinski definition) is 3. The van der Waals surface area contributed by atoms with Crippen LogP contribution in [0.5, 0.6) is 0 Å². The van der Waals surface area contributed by atoms with Crippen LogP contribution in [0.1, 0.15) is 5.56 Å². The zero-order valence-electron chi connectivity index (χ0n) is 10.1. The van der Waals surface area contributed by atoms with Gasteiger partial charge in [-0.25, -0.2) is 0 Å². The average Bonchev–Trinajstić information content (AvgIpc) is 2.66. The summed E-state index contributed by atoms with van der Waals surface area (Å²) in [5, 5.41) is 1.14. The van der Waals surface area contributed by atoms with E-state index in [-0.39, 0.29) is 0 Å². The normalized spacial score (nSPS) is 11.0. The second-order valence-electron chi connectivity index (χ2n) is 4.25. The van der Waals surface area contributed by atoms with Crippen molar-refractivity contribution < 1.29 is 9.63 Å². The first kappa shape index (κ1) is 11.7. The number of carbonyl (C=O) groups excluding carboxylic acids is 1. The third-order valence-electron chi connectivity index (χ3n) is 2.75. The first-order valence-corrected chi connectivity index (χ1v) is 5.57. The Bertz CT molecular complexity index is 517. The van der Waals surface area contributed by atoms with E-state index in [9.17, 15) is 4.79 Å². The lowest BCUT2D eigenvalue weighted by Gasteiger charge is -2.07. The number of nitrogens with zero attached hydrogens (tertiary/aromatic N) is 2. The van der Waals surface area contributed by atoms with Crippen molar-refractivity contribution in [3.63, 3.8) is 0 Å². The molecular formula is C13H16N2O2. The van der Waals surface area contributed by atoms with E-state index in [1.165, 1.54) is 10.3 Å². The smallest absolute Gasteiger partial charge is 0.321 e. The van der Waals surface area contributed by atoms with Crippen molar-refractivity contribution in [1.82, 2.24) is 9.63 Å². The van der Waals surface area contributed by atoms with Gasteiger partial charge in [-0.15, -0.1) is 0 Å². The van der Waals surface area contributed by atoms with Gasteiger partial charge >= 0.3 is 6.47 Å². The fourth-order valence-corrected chi connectivity index (χ4v) is 1.89. The molecule has 0 N–H and O–H groups in total. The number of benzene rings is 1. The Morgan fingerprint density at radius 1 is 1.35 bits per heavy atom. The molecular weight excluding hydrogens is 216 g/mol.